The van der Waals surface area contributed by atoms with Crippen LogP contribution in [-0.4, -0.2) is 40.6 Å². The number of anilines is 1. The van der Waals surface area contributed by atoms with Gasteiger partial charge in [-0.3, -0.25) is 14.9 Å². The number of benzene rings is 1. The lowest BCUT2D eigenvalue weighted by atomic mass is 9.97. The number of nitro groups is 1. The predicted octanol–water partition coefficient (Wildman–Crippen LogP) is 3.14. The lowest BCUT2D eigenvalue weighted by molar-refractivity contribution is -0.383. The molecule has 0 saturated carbocycles. The standard InChI is InChI=1S/C19H22N4O4/c1-3-27-19(24)14-7-9-22(10-8-14)18-17(23(25)26)16(20-12-21-18)15-6-4-5-13(2)11-15/h4-6,11-12,14H,3,7-10H2,1-2H3. The lowest BCUT2D eigenvalue weighted by Gasteiger charge is -2.31. The second-order valence-corrected chi connectivity index (χ2v) is 6.53. The monoisotopic (exact) mass is 370 g/mol. The van der Waals surface area contributed by atoms with Gasteiger partial charge in [-0.05, 0) is 32.8 Å². The van der Waals surface area contributed by atoms with Gasteiger partial charge in [-0.25, -0.2) is 9.97 Å². The van der Waals surface area contributed by atoms with Crippen molar-refractivity contribution in [1.29, 1.82) is 0 Å². The van der Waals surface area contributed by atoms with E-state index in [1.807, 2.05) is 30.0 Å². The summed E-state index contributed by atoms with van der Waals surface area (Å²) in [5.74, 6) is -0.0676. The molecule has 0 unspecified atom stereocenters. The minimum atomic E-state index is -0.426. The molecule has 0 amide bonds. The van der Waals surface area contributed by atoms with Gasteiger partial charge in [0, 0.05) is 18.7 Å². The Balaban J connectivity index is 1.90. The topological polar surface area (TPSA) is 98.5 Å². The lowest BCUT2D eigenvalue weighted by Crippen LogP contribution is -2.37. The summed E-state index contributed by atoms with van der Waals surface area (Å²) in [6, 6.07) is 7.45. The summed E-state index contributed by atoms with van der Waals surface area (Å²) >= 11 is 0. The maximum Gasteiger partial charge on any atom is 0.337 e. The summed E-state index contributed by atoms with van der Waals surface area (Å²) in [6.45, 7) is 5.08. The molecule has 0 atom stereocenters. The Morgan fingerprint density at radius 2 is 2.07 bits per heavy atom. The Kier molecular flexibility index (Phi) is 5.63. The van der Waals surface area contributed by atoms with Gasteiger partial charge in [0.15, 0.2) is 5.69 Å². The molecule has 0 bridgehead atoms. The SMILES string of the molecule is CCOC(=O)C1CCN(c2ncnc(-c3cccc(C)c3)c2[N+](=O)[O-])CC1. The van der Waals surface area contributed by atoms with E-state index < -0.39 is 4.92 Å². The highest BCUT2D eigenvalue weighted by Gasteiger charge is 2.32. The molecule has 1 saturated heterocycles. The van der Waals surface area contributed by atoms with Crippen molar-refractivity contribution in [2.75, 3.05) is 24.6 Å². The first-order valence-electron chi connectivity index (χ1n) is 8.99. The van der Waals surface area contributed by atoms with Gasteiger partial charge in [0.25, 0.3) is 0 Å². The predicted molar refractivity (Wildman–Crippen MR) is 100 cm³/mol. The van der Waals surface area contributed by atoms with Crippen molar-refractivity contribution in [3.63, 3.8) is 0 Å². The number of rotatable bonds is 5. The van der Waals surface area contributed by atoms with E-state index >= 15 is 0 Å². The van der Waals surface area contributed by atoms with Crippen LogP contribution in [0.3, 0.4) is 0 Å². The smallest absolute Gasteiger partial charge is 0.337 e. The van der Waals surface area contributed by atoms with Crippen molar-refractivity contribution in [3.05, 3.63) is 46.3 Å². The van der Waals surface area contributed by atoms with Crippen LogP contribution in [-0.2, 0) is 9.53 Å². The molecule has 8 heteroatoms. The number of carbonyl (C=O) groups excluding carboxylic acids is 1. The normalized spacial score (nSPS) is 14.8. The van der Waals surface area contributed by atoms with Gasteiger partial charge in [0.2, 0.25) is 5.82 Å². The highest BCUT2D eigenvalue weighted by Crippen LogP contribution is 2.36. The van der Waals surface area contributed by atoms with Crippen LogP contribution in [0.2, 0.25) is 0 Å². The number of aromatic nitrogens is 2. The van der Waals surface area contributed by atoms with Crippen LogP contribution in [0.4, 0.5) is 11.5 Å². The van der Waals surface area contributed by atoms with Crippen LogP contribution >= 0.6 is 0 Å². The van der Waals surface area contributed by atoms with Gasteiger partial charge < -0.3 is 9.64 Å². The fourth-order valence-corrected chi connectivity index (χ4v) is 3.36. The Labute approximate surface area is 157 Å². The van der Waals surface area contributed by atoms with E-state index in [2.05, 4.69) is 9.97 Å². The summed E-state index contributed by atoms with van der Waals surface area (Å²) in [7, 11) is 0. The first kappa shape index (κ1) is 18.8. The average Bonchev–Trinajstić information content (AvgIpc) is 2.67. The van der Waals surface area contributed by atoms with Crippen LogP contribution in [0, 0.1) is 23.0 Å². The van der Waals surface area contributed by atoms with E-state index in [1.165, 1.54) is 6.33 Å². The van der Waals surface area contributed by atoms with Crippen molar-refractivity contribution in [2.45, 2.75) is 26.7 Å². The highest BCUT2D eigenvalue weighted by atomic mass is 16.6. The molecule has 8 nitrogen and oxygen atoms in total. The zero-order valence-corrected chi connectivity index (χ0v) is 15.4. The number of nitrogens with zero attached hydrogens (tertiary/aromatic N) is 4. The van der Waals surface area contributed by atoms with Crippen LogP contribution in [0.15, 0.2) is 30.6 Å². The number of esters is 1. The maximum atomic E-state index is 11.9. The summed E-state index contributed by atoms with van der Waals surface area (Å²) in [4.78, 5) is 33.5. The molecular weight excluding hydrogens is 348 g/mol. The van der Waals surface area contributed by atoms with Crippen LogP contribution < -0.4 is 4.90 Å². The average molecular weight is 370 g/mol. The quantitative estimate of drug-likeness (QED) is 0.453. The Morgan fingerprint density at radius 3 is 2.70 bits per heavy atom. The zero-order chi connectivity index (χ0) is 19.4. The van der Waals surface area contributed by atoms with Crippen molar-refractivity contribution >= 4 is 17.5 Å². The molecule has 0 N–H and O–H groups in total. The molecule has 27 heavy (non-hydrogen) atoms. The Hall–Kier alpha value is -3.03. The Morgan fingerprint density at radius 1 is 1.33 bits per heavy atom. The van der Waals surface area contributed by atoms with Gasteiger partial charge in [-0.1, -0.05) is 23.8 Å². The number of hydrogen-bond donors (Lipinski definition) is 0. The second kappa shape index (κ2) is 8.11. The summed E-state index contributed by atoms with van der Waals surface area (Å²) < 4.78 is 5.08. The minimum absolute atomic E-state index is 0.0994. The van der Waals surface area contributed by atoms with Crippen LogP contribution in [0.5, 0.6) is 0 Å². The zero-order valence-electron chi connectivity index (χ0n) is 15.4. The van der Waals surface area contributed by atoms with E-state index in [4.69, 9.17) is 4.74 Å². The van der Waals surface area contributed by atoms with Gasteiger partial charge in [-0.2, -0.15) is 0 Å². The van der Waals surface area contributed by atoms with Crippen molar-refractivity contribution in [2.24, 2.45) is 5.92 Å². The molecular formula is C19H22N4O4. The number of aryl methyl sites for hydroxylation is 1. The molecule has 1 aromatic carbocycles. The summed E-state index contributed by atoms with van der Waals surface area (Å²) in [5.41, 5.74) is 1.89. The van der Waals surface area contributed by atoms with Crippen molar-refractivity contribution < 1.29 is 14.5 Å². The van der Waals surface area contributed by atoms with E-state index in [-0.39, 0.29) is 17.6 Å². The number of hydrogen-bond acceptors (Lipinski definition) is 7. The van der Waals surface area contributed by atoms with Gasteiger partial charge >= 0.3 is 11.7 Å². The third-order valence-electron chi connectivity index (χ3n) is 4.69. The number of carbonyl (C=O) groups is 1. The van der Waals surface area contributed by atoms with Crippen LogP contribution in [0.25, 0.3) is 11.3 Å². The molecule has 1 aromatic heterocycles. The van der Waals surface area contributed by atoms with Gasteiger partial charge in [0.05, 0.1) is 17.4 Å². The molecule has 2 aromatic rings. The largest absolute Gasteiger partial charge is 0.466 e. The summed E-state index contributed by atoms with van der Waals surface area (Å²) in [5, 5.41) is 11.8. The molecule has 1 aliphatic heterocycles. The third-order valence-corrected chi connectivity index (χ3v) is 4.69. The minimum Gasteiger partial charge on any atom is -0.466 e. The van der Waals surface area contributed by atoms with Gasteiger partial charge in [0.1, 0.15) is 6.33 Å². The fraction of sp³-hybridized carbons (Fsp3) is 0.421. The molecule has 3 rings (SSSR count). The van der Waals surface area contributed by atoms with E-state index in [9.17, 15) is 14.9 Å². The highest BCUT2D eigenvalue weighted by molar-refractivity contribution is 5.78. The van der Waals surface area contributed by atoms with Gasteiger partial charge in [-0.15, -0.1) is 0 Å². The van der Waals surface area contributed by atoms with E-state index in [1.54, 1.807) is 13.0 Å². The third kappa shape index (κ3) is 4.05. The van der Waals surface area contributed by atoms with E-state index in [0.29, 0.717) is 49.6 Å². The van der Waals surface area contributed by atoms with Crippen LogP contribution in [0.1, 0.15) is 25.3 Å². The molecule has 0 aliphatic carbocycles. The second-order valence-electron chi connectivity index (χ2n) is 6.53. The van der Waals surface area contributed by atoms with Crippen molar-refractivity contribution in [3.8, 4) is 11.3 Å². The fourth-order valence-electron chi connectivity index (χ4n) is 3.36. The molecule has 0 spiro atoms. The molecule has 1 fully saturated rings. The van der Waals surface area contributed by atoms with Crippen molar-refractivity contribution in [1.82, 2.24) is 9.97 Å². The molecule has 1 aliphatic rings. The Bertz CT molecular complexity index is 847. The van der Waals surface area contributed by atoms with E-state index in [0.717, 1.165) is 5.56 Å². The molecule has 142 valence electrons. The number of ether oxygens (including phenoxy) is 1. The maximum absolute atomic E-state index is 11.9. The molecule has 2 heterocycles. The number of piperidine rings is 1. The molecule has 0 radical (unpaired) electrons. The first-order valence-corrected chi connectivity index (χ1v) is 8.99. The summed E-state index contributed by atoms with van der Waals surface area (Å²) in [6.07, 6.45) is 2.52. The first-order chi connectivity index (χ1) is 13.0.